The van der Waals surface area contributed by atoms with Gasteiger partial charge in [0.2, 0.25) is 0 Å². The first-order chi connectivity index (χ1) is 11.7. The predicted molar refractivity (Wildman–Crippen MR) is 95.9 cm³/mol. The average molecular weight is 335 g/mol. The summed E-state index contributed by atoms with van der Waals surface area (Å²) < 4.78 is 2.00. The van der Waals surface area contributed by atoms with Crippen LogP contribution in [0.1, 0.15) is 31.7 Å². The van der Waals surface area contributed by atoms with Crippen molar-refractivity contribution in [3.63, 3.8) is 0 Å². The molecule has 1 aromatic rings. The van der Waals surface area contributed by atoms with Gasteiger partial charge in [0.25, 0.3) is 0 Å². The molecule has 1 N–H and O–H groups in total. The molecule has 6 nitrogen and oxygen atoms in total. The summed E-state index contributed by atoms with van der Waals surface area (Å²) in [6, 6.07) is 1.18. The Balaban J connectivity index is 1.58. The molecule has 1 aromatic heterocycles. The van der Waals surface area contributed by atoms with Gasteiger partial charge in [-0.25, -0.2) is 0 Å². The highest BCUT2D eigenvalue weighted by atomic mass is 16.3. The van der Waals surface area contributed by atoms with Crippen LogP contribution in [-0.4, -0.2) is 88.0 Å². The van der Waals surface area contributed by atoms with E-state index in [0.717, 1.165) is 39.1 Å². The van der Waals surface area contributed by atoms with Crippen molar-refractivity contribution in [3.05, 3.63) is 18.0 Å². The van der Waals surface area contributed by atoms with Gasteiger partial charge in [-0.3, -0.25) is 14.5 Å². The van der Waals surface area contributed by atoms with Crippen LogP contribution in [0.2, 0.25) is 0 Å². The summed E-state index contributed by atoms with van der Waals surface area (Å²) in [5.74, 6) is 0. The molecule has 3 rings (SSSR count). The Morgan fingerprint density at radius 3 is 2.67 bits per heavy atom. The van der Waals surface area contributed by atoms with Gasteiger partial charge in [0, 0.05) is 63.2 Å². The van der Waals surface area contributed by atoms with Crippen molar-refractivity contribution in [2.75, 3.05) is 46.4 Å². The summed E-state index contributed by atoms with van der Waals surface area (Å²) in [6.07, 6.45) is 7.57. The molecule has 0 aromatic carbocycles. The normalized spacial score (nSPS) is 25.4. The van der Waals surface area contributed by atoms with Crippen LogP contribution in [-0.2, 0) is 13.1 Å². The molecule has 2 aliphatic rings. The lowest BCUT2D eigenvalue weighted by Crippen LogP contribution is -2.58. The number of aliphatic hydroxyl groups excluding tert-OH is 1. The number of nitrogens with zero attached hydrogens (tertiary/aromatic N) is 5. The van der Waals surface area contributed by atoms with Crippen LogP contribution in [0, 0.1) is 0 Å². The Kier molecular flexibility index (Phi) is 6.27. The summed E-state index contributed by atoms with van der Waals surface area (Å²) in [4.78, 5) is 7.65. The number of aryl methyl sites for hydroxylation is 1. The molecule has 0 bridgehead atoms. The van der Waals surface area contributed by atoms with E-state index in [2.05, 4.69) is 40.0 Å². The maximum Gasteiger partial charge on any atom is 0.0534 e. The van der Waals surface area contributed by atoms with Crippen LogP contribution >= 0.6 is 0 Å². The molecule has 0 radical (unpaired) electrons. The van der Waals surface area contributed by atoms with E-state index in [4.69, 9.17) is 0 Å². The minimum absolute atomic E-state index is 0.287. The van der Waals surface area contributed by atoms with Crippen molar-refractivity contribution in [2.24, 2.45) is 0 Å². The van der Waals surface area contributed by atoms with Crippen molar-refractivity contribution >= 4 is 0 Å². The van der Waals surface area contributed by atoms with E-state index in [0.29, 0.717) is 12.1 Å². The van der Waals surface area contributed by atoms with E-state index >= 15 is 0 Å². The standard InChI is InChI=1S/C18H33N5O/c1-3-22-14-16(12-19-22)13-21-9-10-23(18(15-21)6-11-24)17-4-7-20(2)8-5-17/h12,14,17-18,24H,3-11,13,15H2,1-2H3/t18-/m1/s1. The van der Waals surface area contributed by atoms with Crippen LogP contribution in [0.25, 0.3) is 0 Å². The van der Waals surface area contributed by atoms with Crippen LogP contribution < -0.4 is 0 Å². The van der Waals surface area contributed by atoms with E-state index in [1.54, 1.807) is 0 Å². The van der Waals surface area contributed by atoms with Gasteiger partial charge in [0.05, 0.1) is 6.20 Å². The lowest BCUT2D eigenvalue weighted by Gasteiger charge is -2.47. The molecular formula is C18H33N5O. The van der Waals surface area contributed by atoms with Gasteiger partial charge < -0.3 is 10.0 Å². The lowest BCUT2D eigenvalue weighted by atomic mass is 9.98. The first-order valence-corrected chi connectivity index (χ1v) is 9.48. The van der Waals surface area contributed by atoms with Crippen molar-refractivity contribution in [1.29, 1.82) is 0 Å². The Morgan fingerprint density at radius 2 is 2.00 bits per heavy atom. The predicted octanol–water partition coefficient (Wildman–Crippen LogP) is 0.866. The second-order valence-corrected chi connectivity index (χ2v) is 7.38. The fourth-order valence-electron chi connectivity index (χ4n) is 4.21. The largest absolute Gasteiger partial charge is 0.396 e. The monoisotopic (exact) mass is 335 g/mol. The molecule has 0 spiro atoms. The highest BCUT2D eigenvalue weighted by Crippen LogP contribution is 2.23. The number of piperazine rings is 1. The molecule has 0 saturated carbocycles. The Bertz CT molecular complexity index is 497. The van der Waals surface area contributed by atoms with Crippen LogP contribution in [0.5, 0.6) is 0 Å². The van der Waals surface area contributed by atoms with E-state index in [-0.39, 0.29) is 6.61 Å². The quantitative estimate of drug-likeness (QED) is 0.836. The first kappa shape index (κ1) is 17.9. The smallest absolute Gasteiger partial charge is 0.0534 e. The zero-order valence-corrected chi connectivity index (χ0v) is 15.3. The van der Waals surface area contributed by atoms with Crippen molar-refractivity contribution in [3.8, 4) is 0 Å². The van der Waals surface area contributed by atoms with Gasteiger partial charge in [0.1, 0.15) is 0 Å². The summed E-state index contributed by atoms with van der Waals surface area (Å²) in [6.45, 7) is 10.0. The topological polar surface area (TPSA) is 47.8 Å². The number of rotatable bonds is 6. The van der Waals surface area contributed by atoms with Gasteiger partial charge in [-0.2, -0.15) is 5.10 Å². The molecule has 2 aliphatic heterocycles. The fourth-order valence-corrected chi connectivity index (χ4v) is 4.21. The molecular weight excluding hydrogens is 302 g/mol. The second kappa shape index (κ2) is 8.43. The van der Waals surface area contributed by atoms with Gasteiger partial charge >= 0.3 is 0 Å². The summed E-state index contributed by atoms with van der Waals surface area (Å²) in [5.41, 5.74) is 1.30. The minimum atomic E-state index is 0.287. The van der Waals surface area contributed by atoms with Crippen LogP contribution in [0.15, 0.2) is 12.4 Å². The third kappa shape index (κ3) is 4.36. The molecule has 0 amide bonds. The summed E-state index contributed by atoms with van der Waals surface area (Å²) in [7, 11) is 2.22. The highest BCUT2D eigenvalue weighted by molar-refractivity contribution is 5.04. The van der Waals surface area contributed by atoms with Gasteiger partial charge in [-0.15, -0.1) is 0 Å². The van der Waals surface area contributed by atoms with E-state index < -0.39 is 0 Å². The molecule has 2 saturated heterocycles. The second-order valence-electron chi connectivity index (χ2n) is 7.38. The SMILES string of the molecule is CCn1cc(CN2CCN(C3CCN(C)CC3)[C@H](CCO)C2)cn1. The van der Waals surface area contributed by atoms with Gasteiger partial charge in [0.15, 0.2) is 0 Å². The number of likely N-dealkylation sites (tertiary alicyclic amines) is 1. The Morgan fingerprint density at radius 1 is 1.21 bits per heavy atom. The third-order valence-electron chi connectivity index (χ3n) is 5.65. The maximum absolute atomic E-state index is 9.52. The molecule has 1 atom stereocenters. The zero-order valence-electron chi connectivity index (χ0n) is 15.3. The Hall–Kier alpha value is -0.950. The average Bonchev–Trinajstić information content (AvgIpc) is 3.04. The highest BCUT2D eigenvalue weighted by Gasteiger charge is 2.33. The fraction of sp³-hybridized carbons (Fsp3) is 0.833. The van der Waals surface area contributed by atoms with Crippen molar-refractivity contribution < 1.29 is 5.11 Å². The van der Waals surface area contributed by atoms with E-state index in [1.165, 1.54) is 31.5 Å². The first-order valence-electron chi connectivity index (χ1n) is 9.48. The molecule has 3 heterocycles. The molecule has 2 fully saturated rings. The van der Waals surface area contributed by atoms with Crippen LogP contribution in [0.4, 0.5) is 0 Å². The molecule has 6 heteroatoms. The van der Waals surface area contributed by atoms with E-state index in [9.17, 15) is 5.11 Å². The van der Waals surface area contributed by atoms with Gasteiger partial charge in [-0.05, 0) is 46.3 Å². The number of piperidine rings is 1. The van der Waals surface area contributed by atoms with E-state index in [1.807, 2.05) is 10.9 Å². The maximum atomic E-state index is 9.52. The minimum Gasteiger partial charge on any atom is -0.396 e. The van der Waals surface area contributed by atoms with Crippen molar-refractivity contribution in [2.45, 2.75) is 51.4 Å². The van der Waals surface area contributed by atoms with Crippen molar-refractivity contribution in [1.82, 2.24) is 24.5 Å². The number of hydrogen-bond donors (Lipinski definition) is 1. The zero-order chi connectivity index (χ0) is 16.9. The number of hydrogen-bond acceptors (Lipinski definition) is 5. The number of aromatic nitrogens is 2. The Labute approximate surface area is 146 Å². The number of aliphatic hydroxyl groups is 1. The summed E-state index contributed by atoms with van der Waals surface area (Å²) in [5, 5.41) is 13.9. The third-order valence-corrected chi connectivity index (χ3v) is 5.65. The van der Waals surface area contributed by atoms with Crippen LogP contribution in [0.3, 0.4) is 0 Å². The molecule has 0 aliphatic carbocycles. The summed E-state index contributed by atoms with van der Waals surface area (Å²) >= 11 is 0. The lowest BCUT2D eigenvalue weighted by molar-refractivity contribution is 0.00599. The molecule has 24 heavy (non-hydrogen) atoms. The van der Waals surface area contributed by atoms with Gasteiger partial charge in [-0.1, -0.05) is 0 Å². The molecule has 136 valence electrons. The molecule has 0 unspecified atom stereocenters.